The van der Waals surface area contributed by atoms with Gasteiger partial charge in [-0.15, -0.1) is 11.3 Å². The molecule has 1 aliphatic rings. The number of thiocarbonyl (C=S) groups is 1. The van der Waals surface area contributed by atoms with E-state index in [0.29, 0.717) is 17.3 Å². The van der Waals surface area contributed by atoms with Crippen LogP contribution in [-0.4, -0.2) is 30.8 Å². The molecule has 0 aliphatic heterocycles. The van der Waals surface area contributed by atoms with Crippen molar-refractivity contribution in [1.82, 2.24) is 0 Å². The minimum absolute atomic E-state index is 0.255. The zero-order valence-corrected chi connectivity index (χ0v) is 20.4. The number of benzene rings is 1. The van der Waals surface area contributed by atoms with Crippen LogP contribution in [0.5, 0.6) is 0 Å². The molecule has 1 aromatic carbocycles. The van der Waals surface area contributed by atoms with Crippen LogP contribution in [0.4, 0.5) is 16.4 Å². The van der Waals surface area contributed by atoms with Crippen LogP contribution < -0.4 is 15.5 Å². The number of fused-ring (bicyclic) bond motifs is 1. The first-order valence-corrected chi connectivity index (χ1v) is 12.5. The van der Waals surface area contributed by atoms with Gasteiger partial charge in [0.1, 0.15) is 5.00 Å². The Morgan fingerprint density at radius 3 is 2.35 bits per heavy atom. The zero-order valence-electron chi connectivity index (χ0n) is 18.8. The molecule has 0 fully saturated rings. The van der Waals surface area contributed by atoms with Crippen molar-refractivity contribution in [3.05, 3.63) is 40.3 Å². The molecular weight excluding hydrogens is 426 g/mol. The van der Waals surface area contributed by atoms with Crippen LogP contribution >= 0.6 is 23.6 Å². The predicted octanol–water partition coefficient (Wildman–Crippen LogP) is 6.24. The van der Waals surface area contributed by atoms with E-state index in [1.807, 2.05) is 19.1 Å². The van der Waals surface area contributed by atoms with Crippen molar-refractivity contribution < 1.29 is 9.53 Å². The number of aryl methyl sites for hydroxylation is 1. The number of thiophene rings is 1. The van der Waals surface area contributed by atoms with E-state index in [4.69, 9.17) is 17.0 Å². The Hall–Kier alpha value is -2.12. The van der Waals surface area contributed by atoms with E-state index < -0.39 is 0 Å². The van der Waals surface area contributed by atoms with E-state index in [1.165, 1.54) is 23.4 Å². The summed E-state index contributed by atoms with van der Waals surface area (Å²) in [6.07, 6.45) is 6.67. The quantitative estimate of drug-likeness (QED) is 0.378. The smallest absolute Gasteiger partial charge is 0.341 e. The molecule has 7 heteroatoms. The highest BCUT2D eigenvalue weighted by Gasteiger charge is 2.25. The number of hydrogen-bond acceptors (Lipinski definition) is 5. The third-order valence-electron chi connectivity index (χ3n) is 5.63. The van der Waals surface area contributed by atoms with Crippen molar-refractivity contribution in [2.24, 2.45) is 0 Å². The Balaban J connectivity index is 1.77. The van der Waals surface area contributed by atoms with Crippen molar-refractivity contribution in [3.63, 3.8) is 0 Å². The first-order chi connectivity index (χ1) is 15.1. The maximum absolute atomic E-state index is 12.8. The van der Waals surface area contributed by atoms with Gasteiger partial charge >= 0.3 is 5.97 Å². The van der Waals surface area contributed by atoms with E-state index in [2.05, 4.69) is 41.5 Å². The molecule has 2 aromatic rings. The van der Waals surface area contributed by atoms with E-state index in [9.17, 15) is 4.79 Å². The van der Waals surface area contributed by atoms with Crippen molar-refractivity contribution >= 4 is 51.0 Å². The maximum atomic E-state index is 12.8. The molecule has 1 aromatic heterocycles. The van der Waals surface area contributed by atoms with E-state index in [-0.39, 0.29) is 5.97 Å². The molecule has 2 N–H and O–H groups in total. The van der Waals surface area contributed by atoms with Gasteiger partial charge in [0.2, 0.25) is 0 Å². The number of anilines is 3. The van der Waals surface area contributed by atoms with Crippen LogP contribution in [0.15, 0.2) is 24.3 Å². The summed E-state index contributed by atoms with van der Waals surface area (Å²) in [5.41, 5.74) is 3.93. The van der Waals surface area contributed by atoms with Gasteiger partial charge in [0.25, 0.3) is 0 Å². The average Bonchev–Trinajstić information content (AvgIpc) is 3.06. The standard InChI is InChI=1S/C24H33N3O2S2/c1-4-27(5-2)18-15-13-17(14-16-18)25-24(30)26-22-21(23(28)29-6-3)19-11-9-7-8-10-12-20(19)31-22/h13-16H,4-12H2,1-3H3,(H2,25,26,30). The number of rotatable bonds is 7. The predicted molar refractivity (Wildman–Crippen MR) is 136 cm³/mol. The fourth-order valence-corrected chi connectivity index (χ4v) is 5.60. The van der Waals surface area contributed by atoms with E-state index in [1.54, 1.807) is 11.3 Å². The number of nitrogens with zero attached hydrogens (tertiary/aromatic N) is 1. The van der Waals surface area contributed by atoms with E-state index >= 15 is 0 Å². The molecule has 0 unspecified atom stereocenters. The van der Waals surface area contributed by atoms with Crippen molar-refractivity contribution in [1.29, 1.82) is 0 Å². The number of esters is 1. The minimum Gasteiger partial charge on any atom is -0.462 e. The van der Waals surface area contributed by atoms with Crippen LogP contribution in [0, 0.1) is 0 Å². The maximum Gasteiger partial charge on any atom is 0.341 e. The second-order valence-electron chi connectivity index (χ2n) is 7.64. The van der Waals surface area contributed by atoms with Gasteiger partial charge in [0.05, 0.1) is 12.2 Å². The van der Waals surface area contributed by atoms with Crippen molar-refractivity contribution in [2.45, 2.75) is 59.3 Å². The second kappa shape index (κ2) is 11.5. The summed E-state index contributed by atoms with van der Waals surface area (Å²) < 4.78 is 5.38. The Morgan fingerprint density at radius 2 is 1.71 bits per heavy atom. The summed E-state index contributed by atoms with van der Waals surface area (Å²) in [6, 6.07) is 8.25. The monoisotopic (exact) mass is 459 g/mol. The van der Waals surface area contributed by atoms with Gasteiger partial charge in [0.15, 0.2) is 5.11 Å². The molecular formula is C24H33N3O2S2. The molecule has 0 radical (unpaired) electrons. The topological polar surface area (TPSA) is 53.6 Å². The summed E-state index contributed by atoms with van der Waals surface area (Å²) in [7, 11) is 0. The van der Waals surface area contributed by atoms with Crippen LogP contribution in [0.1, 0.15) is 67.3 Å². The van der Waals surface area contributed by atoms with Gasteiger partial charge in [-0.3, -0.25) is 0 Å². The lowest BCUT2D eigenvalue weighted by Crippen LogP contribution is -2.22. The lowest BCUT2D eigenvalue weighted by molar-refractivity contribution is 0.0526. The lowest BCUT2D eigenvalue weighted by Gasteiger charge is -2.21. The fourth-order valence-electron chi connectivity index (χ4n) is 4.04. The number of nitrogens with one attached hydrogen (secondary N) is 2. The Kier molecular flexibility index (Phi) is 8.72. The van der Waals surface area contributed by atoms with Crippen molar-refractivity contribution in [3.8, 4) is 0 Å². The van der Waals surface area contributed by atoms with Crippen molar-refractivity contribution in [2.75, 3.05) is 35.2 Å². The Bertz CT molecular complexity index is 889. The summed E-state index contributed by atoms with van der Waals surface area (Å²) in [5.74, 6) is -0.255. The highest BCUT2D eigenvalue weighted by atomic mass is 32.1. The number of carbonyl (C=O) groups excluding carboxylic acids is 1. The van der Waals surface area contributed by atoms with Crippen LogP contribution in [0.25, 0.3) is 0 Å². The minimum atomic E-state index is -0.255. The first-order valence-electron chi connectivity index (χ1n) is 11.3. The lowest BCUT2D eigenvalue weighted by atomic mass is 9.96. The Morgan fingerprint density at radius 1 is 1.03 bits per heavy atom. The number of ether oxygens (including phenoxy) is 1. The third-order valence-corrected chi connectivity index (χ3v) is 7.04. The molecule has 5 nitrogen and oxygen atoms in total. The van der Waals surface area contributed by atoms with E-state index in [0.717, 1.165) is 55.0 Å². The molecule has 0 spiro atoms. The van der Waals surface area contributed by atoms with Crippen LogP contribution in [0.2, 0.25) is 0 Å². The molecule has 0 atom stereocenters. The summed E-state index contributed by atoms with van der Waals surface area (Å²) in [6.45, 7) is 8.46. The van der Waals surface area contributed by atoms with Gasteiger partial charge < -0.3 is 20.3 Å². The summed E-state index contributed by atoms with van der Waals surface area (Å²) in [4.78, 5) is 16.4. The molecule has 0 amide bonds. The molecule has 3 rings (SSSR count). The first kappa shape index (κ1) is 23.5. The summed E-state index contributed by atoms with van der Waals surface area (Å²) in [5, 5.41) is 7.81. The van der Waals surface area contributed by atoms with Gasteiger partial charge in [-0.2, -0.15) is 0 Å². The Labute approximate surface area is 195 Å². The van der Waals surface area contributed by atoms with Gasteiger partial charge in [-0.25, -0.2) is 4.79 Å². The van der Waals surface area contributed by atoms with Crippen LogP contribution in [-0.2, 0) is 17.6 Å². The molecule has 31 heavy (non-hydrogen) atoms. The number of carbonyl (C=O) groups is 1. The number of hydrogen-bond donors (Lipinski definition) is 2. The molecule has 168 valence electrons. The highest BCUT2D eigenvalue weighted by Crippen LogP contribution is 2.37. The van der Waals surface area contributed by atoms with Gasteiger partial charge in [-0.05, 0) is 88.5 Å². The molecule has 1 heterocycles. The normalized spacial score (nSPS) is 13.5. The summed E-state index contributed by atoms with van der Waals surface area (Å²) >= 11 is 7.22. The second-order valence-corrected chi connectivity index (χ2v) is 9.15. The highest BCUT2D eigenvalue weighted by molar-refractivity contribution is 7.80. The average molecular weight is 460 g/mol. The van der Waals surface area contributed by atoms with Gasteiger partial charge in [-0.1, -0.05) is 12.8 Å². The molecule has 0 saturated heterocycles. The fraction of sp³-hybridized carbons (Fsp3) is 0.500. The zero-order chi connectivity index (χ0) is 22.2. The molecule has 0 saturated carbocycles. The third kappa shape index (κ3) is 5.98. The van der Waals surface area contributed by atoms with Crippen LogP contribution in [0.3, 0.4) is 0 Å². The largest absolute Gasteiger partial charge is 0.462 e. The molecule has 1 aliphatic carbocycles. The van der Waals surface area contributed by atoms with Gasteiger partial charge in [0, 0.05) is 29.3 Å². The molecule has 0 bridgehead atoms. The SMILES string of the molecule is CCOC(=O)c1c(NC(=S)Nc2ccc(N(CC)CC)cc2)sc2c1CCCCCC2.